The molecular weight excluding hydrogens is 220 g/mol. The van der Waals surface area contributed by atoms with Crippen LogP contribution in [0.4, 0.5) is 0 Å². The number of hydrogen-bond acceptors (Lipinski definition) is 3. The van der Waals surface area contributed by atoms with Gasteiger partial charge >= 0.3 is 0 Å². The number of furan rings is 1. The van der Waals surface area contributed by atoms with Gasteiger partial charge in [0, 0.05) is 12.1 Å². The minimum atomic E-state index is -0.367. The van der Waals surface area contributed by atoms with E-state index in [4.69, 9.17) is 4.42 Å². The standard InChI is InChI=1S/C12H16N2O3/c1-2-3-10-12(16)14(7-11(15)13-10)6-9-4-5-17-8-9/h4-5,8,10H,2-3,6-7H2,1H3,(H,13,15). The Balaban J connectivity index is 2.05. The molecule has 0 saturated carbocycles. The quantitative estimate of drug-likeness (QED) is 0.845. The Morgan fingerprint density at radius 1 is 1.53 bits per heavy atom. The smallest absolute Gasteiger partial charge is 0.245 e. The van der Waals surface area contributed by atoms with Crippen LogP contribution >= 0.6 is 0 Å². The van der Waals surface area contributed by atoms with Crippen molar-refractivity contribution in [2.24, 2.45) is 0 Å². The van der Waals surface area contributed by atoms with E-state index in [1.807, 2.05) is 6.92 Å². The molecule has 1 fully saturated rings. The maximum Gasteiger partial charge on any atom is 0.245 e. The monoisotopic (exact) mass is 236 g/mol. The van der Waals surface area contributed by atoms with E-state index in [1.165, 1.54) is 0 Å². The average Bonchev–Trinajstić information content (AvgIpc) is 2.78. The Hall–Kier alpha value is -1.78. The predicted octanol–water partition coefficient (Wildman–Crippen LogP) is 0.907. The molecule has 92 valence electrons. The van der Waals surface area contributed by atoms with Crippen LogP contribution in [0.3, 0.4) is 0 Å². The second-order valence-electron chi connectivity index (χ2n) is 4.23. The van der Waals surface area contributed by atoms with Crippen LogP contribution in [0, 0.1) is 0 Å². The van der Waals surface area contributed by atoms with Crippen molar-refractivity contribution in [2.75, 3.05) is 6.54 Å². The van der Waals surface area contributed by atoms with E-state index in [-0.39, 0.29) is 24.4 Å². The van der Waals surface area contributed by atoms with Gasteiger partial charge in [-0.25, -0.2) is 0 Å². The van der Waals surface area contributed by atoms with Gasteiger partial charge in [0.2, 0.25) is 11.8 Å². The predicted molar refractivity (Wildman–Crippen MR) is 61.0 cm³/mol. The van der Waals surface area contributed by atoms with Crippen molar-refractivity contribution in [2.45, 2.75) is 32.4 Å². The molecule has 0 aromatic carbocycles. The summed E-state index contributed by atoms with van der Waals surface area (Å²) in [5.74, 6) is -0.0980. The highest BCUT2D eigenvalue weighted by Gasteiger charge is 2.31. The molecule has 17 heavy (non-hydrogen) atoms. The Morgan fingerprint density at radius 3 is 3.00 bits per heavy atom. The minimum Gasteiger partial charge on any atom is -0.472 e. The van der Waals surface area contributed by atoms with Crippen LogP contribution in [0.5, 0.6) is 0 Å². The lowest BCUT2D eigenvalue weighted by Gasteiger charge is -2.32. The molecule has 2 amide bonds. The number of nitrogens with one attached hydrogen (secondary N) is 1. The highest BCUT2D eigenvalue weighted by atomic mass is 16.3. The SMILES string of the molecule is CCCC1NC(=O)CN(Cc2ccoc2)C1=O. The largest absolute Gasteiger partial charge is 0.472 e. The summed E-state index contributed by atoms with van der Waals surface area (Å²) < 4.78 is 4.95. The first-order valence-electron chi connectivity index (χ1n) is 5.80. The molecule has 1 saturated heterocycles. The first kappa shape index (κ1) is 11.7. The van der Waals surface area contributed by atoms with Gasteiger partial charge in [-0.05, 0) is 12.5 Å². The van der Waals surface area contributed by atoms with Crippen molar-refractivity contribution in [1.82, 2.24) is 10.2 Å². The van der Waals surface area contributed by atoms with Gasteiger partial charge in [-0.2, -0.15) is 0 Å². The van der Waals surface area contributed by atoms with Crippen LogP contribution in [0.2, 0.25) is 0 Å². The summed E-state index contributed by atoms with van der Waals surface area (Å²) in [6.45, 7) is 2.56. The van der Waals surface area contributed by atoms with Gasteiger partial charge < -0.3 is 14.6 Å². The van der Waals surface area contributed by atoms with Crippen LogP contribution in [-0.2, 0) is 16.1 Å². The summed E-state index contributed by atoms with van der Waals surface area (Å²) in [7, 11) is 0. The number of nitrogens with zero attached hydrogens (tertiary/aromatic N) is 1. The third-order valence-corrected chi connectivity index (χ3v) is 2.81. The third-order valence-electron chi connectivity index (χ3n) is 2.81. The van der Waals surface area contributed by atoms with Crippen LogP contribution in [0.1, 0.15) is 25.3 Å². The summed E-state index contributed by atoms with van der Waals surface area (Å²) >= 11 is 0. The Labute approximate surface area is 99.8 Å². The topological polar surface area (TPSA) is 62.6 Å². The third kappa shape index (κ3) is 2.67. The molecule has 1 aromatic rings. The molecule has 1 N–H and O–H groups in total. The van der Waals surface area contributed by atoms with Gasteiger partial charge in [-0.15, -0.1) is 0 Å². The lowest BCUT2D eigenvalue weighted by molar-refractivity contribution is -0.145. The van der Waals surface area contributed by atoms with Crippen LogP contribution in [0.25, 0.3) is 0 Å². The van der Waals surface area contributed by atoms with E-state index in [2.05, 4.69) is 5.32 Å². The fourth-order valence-electron chi connectivity index (χ4n) is 1.99. The minimum absolute atomic E-state index is 0.00681. The molecule has 0 spiro atoms. The van der Waals surface area contributed by atoms with Gasteiger partial charge in [0.05, 0.1) is 19.1 Å². The van der Waals surface area contributed by atoms with Crippen molar-refractivity contribution in [1.29, 1.82) is 0 Å². The molecule has 1 aliphatic heterocycles. The molecule has 2 heterocycles. The second kappa shape index (κ2) is 5.03. The molecule has 0 bridgehead atoms. The molecule has 0 aliphatic carbocycles. The van der Waals surface area contributed by atoms with E-state index >= 15 is 0 Å². The van der Waals surface area contributed by atoms with Crippen molar-refractivity contribution >= 4 is 11.8 Å². The Bertz CT molecular complexity index is 400. The highest BCUT2D eigenvalue weighted by molar-refractivity contribution is 5.94. The molecule has 1 aliphatic rings. The molecule has 0 radical (unpaired) electrons. The molecule has 1 atom stereocenters. The number of carbonyl (C=O) groups excluding carboxylic acids is 2. The zero-order chi connectivity index (χ0) is 12.3. The van der Waals surface area contributed by atoms with Gasteiger partial charge in [-0.3, -0.25) is 9.59 Å². The lowest BCUT2D eigenvalue weighted by atomic mass is 10.1. The number of hydrogen-bond donors (Lipinski definition) is 1. The number of piperazine rings is 1. The molecule has 1 unspecified atom stereocenters. The number of amides is 2. The van der Waals surface area contributed by atoms with E-state index < -0.39 is 0 Å². The van der Waals surface area contributed by atoms with Crippen molar-refractivity contribution in [3.63, 3.8) is 0 Å². The molecule has 2 rings (SSSR count). The summed E-state index contributed by atoms with van der Waals surface area (Å²) in [5, 5.41) is 2.72. The van der Waals surface area contributed by atoms with Crippen molar-refractivity contribution in [3.8, 4) is 0 Å². The maximum absolute atomic E-state index is 12.1. The van der Waals surface area contributed by atoms with Crippen LogP contribution in [0.15, 0.2) is 23.0 Å². The number of carbonyl (C=O) groups is 2. The molecule has 5 heteroatoms. The van der Waals surface area contributed by atoms with Gasteiger partial charge in [0.15, 0.2) is 0 Å². The van der Waals surface area contributed by atoms with E-state index in [0.717, 1.165) is 12.0 Å². The van der Waals surface area contributed by atoms with Gasteiger partial charge in [0.25, 0.3) is 0 Å². The first-order valence-corrected chi connectivity index (χ1v) is 5.80. The van der Waals surface area contributed by atoms with Crippen LogP contribution in [-0.4, -0.2) is 29.3 Å². The normalized spacial score (nSPS) is 20.5. The fraction of sp³-hybridized carbons (Fsp3) is 0.500. The fourth-order valence-corrected chi connectivity index (χ4v) is 1.99. The van der Waals surface area contributed by atoms with Crippen LogP contribution < -0.4 is 5.32 Å². The molecule has 1 aromatic heterocycles. The lowest BCUT2D eigenvalue weighted by Crippen LogP contribution is -2.57. The summed E-state index contributed by atoms with van der Waals surface area (Å²) in [6.07, 6.45) is 4.71. The second-order valence-corrected chi connectivity index (χ2v) is 4.23. The average molecular weight is 236 g/mol. The zero-order valence-electron chi connectivity index (χ0n) is 9.81. The van der Waals surface area contributed by atoms with E-state index in [0.29, 0.717) is 13.0 Å². The zero-order valence-corrected chi connectivity index (χ0v) is 9.81. The summed E-state index contributed by atoms with van der Waals surface area (Å²) in [6, 6.07) is 1.43. The molecule has 5 nitrogen and oxygen atoms in total. The summed E-state index contributed by atoms with van der Waals surface area (Å²) in [5.41, 5.74) is 0.906. The summed E-state index contributed by atoms with van der Waals surface area (Å²) in [4.78, 5) is 25.1. The molecular formula is C12H16N2O3. The van der Waals surface area contributed by atoms with Gasteiger partial charge in [-0.1, -0.05) is 13.3 Å². The van der Waals surface area contributed by atoms with Crippen molar-refractivity contribution in [3.05, 3.63) is 24.2 Å². The number of rotatable bonds is 4. The first-order chi connectivity index (χ1) is 8.20. The van der Waals surface area contributed by atoms with E-state index in [9.17, 15) is 9.59 Å². The highest BCUT2D eigenvalue weighted by Crippen LogP contribution is 2.12. The Kier molecular flexibility index (Phi) is 3.46. The van der Waals surface area contributed by atoms with E-state index in [1.54, 1.807) is 23.5 Å². The van der Waals surface area contributed by atoms with Gasteiger partial charge in [0.1, 0.15) is 6.04 Å². The van der Waals surface area contributed by atoms with Crippen molar-refractivity contribution < 1.29 is 14.0 Å². The Morgan fingerprint density at radius 2 is 2.35 bits per heavy atom. The maximum atomic E-state index is 12.1.